The number of carbonyl (C=O) groups excluding carboxylic acids is 1. The lowest BCUT2D eigenvalue weighted by molar-refractivity contribution is -0.133. The Kier molecular flexibility index (Phi) is 6.62. The Morgan fingerprint density at radius 1 is 1.00 bits per heavy atom. The Morgan fingerprint density at radius 2 is 1.74 bits per heavy atom. The number of ether oxygens (including phenoxy) is 1. The lowest BCUT2D eigenvalue weighted by atomic mass is 9.94. The monoisotopic (exact) mass is 464 g/mol. The summed E-state index contributed by atoms with van der Waals surface area (Å²) >= 11 is 0. The molecule has 9 heteroatoms. The maximum Gasteiger partial charge on any atom is 0.300 e. The highest BCUT2D eigenvalue weighted by molar-refractivity contribution is 5.76. The van der Waals surface area contributed by atoms with Crippen molar-refractivity contribution in [3.8, 4) is 11.4 Å². The molecule has 3 aromatic rings. The van der Waals surface area contributed by atoms with Gasteiger partial charge in [-0.1, -0.05) is 19.3 Å². The van der Waals surface area contributed by atoms with E-state index in [9.17, 15) is 9.59 Å². The van der Waals surface area contributed by atoms with E-state index in [4.69, 9.17) is 4.74 Å². The predicted molar refractivity (Wildman–Crippen MR) is 128 cm³/mol. The molecule has 1 saturated heterocycles. The van der Waals surface area contributed by atoms with Gasteiger partial charge >= 0.3 is 5.56 Å². The van der Waals surface area contributed by atoms with Gasteiger partial charge in [-0.15, -0.1) is 10.2 Å². The molecule has 0 bridgehead atoms. The van der Waals surface area contributed by atoms with Crippen molar-refractivity contribution in [2.24, 2.45) is 0 Å². The Bertz CT molecular complexity index is 1190. The molecule has 180 valence electrons. The van der Waals surface area contributed by atoms with Gasteiger partial charge in [0.25, 0.3) is 0 Å². The van der Waals surface area contributed by atoms with E-state index in [1.807, 2.05) is 29.2 Å². The van der Waals surface area contributed by atoms with Crippen LogP contribution in [0.3, 0.4) is 0 Å². The topological polar surface area (TPSA) is 85.0 Å². The van der Waals surface area contributed by atoms with Crippen LogP contribution in [0.2, 0.25) is 0 Å². The Balaban J connectivity index is 1.21. The number of nitrogens with zero attached hydrogens (tertiary/aromatic N) is 6. The third kappa shape index (κ3) is 4.57. The van der Waals surface area contributed by atoms with Crippen molar-refractivity contribution in [2.75, 3.05) is 33.3 Å². The van der Waals surface area contributed by atoms with E-state index in [-0.39, 0.29) is 17.1 Å². The normalized spacial score (nSPS) is 17.9. The number of hydrogen-bond donors (Lipinski definition) is 0. The minimum atomic E-state index is -0.253. The number of carbonyl (C=O) groups is 1. The summed E-state index contributed by atoms with van der Waals surface area (Å²) in [5.74, 6) is 1.50. The van der Waals surface area contributed by atoms with Crippen LogP contribution < -0.4 is 10.3 Å². The van der Waals surface area contributed by atoms with Crippen LogP contribution in [-0.2, 0) is 11.2 Å². The zero-order valence-corrected chi connectivity index (χ0v) is 19.7. The third-order valence-corrected chi connectivity index (χ3v) is 7.21. The van der Waals surface area contributed by atoms with Crippen molar-refractivity contribution < 1.29 is 9.53 Å². The van der Waals surface area contributed by atoms with Crippen molar-refractivity contribution in [2.45, 2.75) is 51.0 Å². The van der Waals surface area contributed by atoms with E-state index in [0.717, 1.165) is 37.6 Å². The lowest BCUT2D eigenvalue weighted by Crippen LogP contribution is -2.52. The van der Waals surface area contributed by atoms with E-state index in [1.54, 1.807) is 23.9 Å². The molecule has 2 aliphatic rings. The van der Waals surface area contributed by atoms with Crippen LogP contribution >= 0.6 is 0 Å². The van der Waals surface area contributed by atoms with E-state index in [2.05, 4.69) is 15.1 Å². The quantitative estimate of drug-likeness (QED) is 0.557. The first-order chi connectivity index (χ1) is 16.6. The van der Waals surface area contributed by atoms with Crippen LogP contribution in [0.1, 0.15) is 44.3 Å². The van der Waals surface area contributed by atoms with Gasteiger partial charge in [0.15, 0.2) is 0 Å². The fourth-order valence-corrected chi connectivity index (χ4v) is 5.21. The molecule has 0 radical (unpaired) electrons. The van der Waals surface area contributed by atoms with Gasteiger partial charge in [-0.2, -0.15) is 0 Å². The number of aryl methyl sites for hydroxylation is 1. The molecule has 2 fully saturated rings. The van der Waals surface area contributed by atoms with Crippen molar-refractivity contribution in [3.63, 3.8) is 0 Å². The maximum atomic E-state index is 13.0. The van der Waals surface area contributed by atoms with E-state index in [0.29, 0.717) is 24.7 Å². The van der Waals surface area contributed by atoms with Gasteiger partial charge < -0.3 is 9.64 Å². The molecular weight excluding hydrogens is 432 g/mol. The predicted octanol–water partition coefficient (Wildman–Crippen LogP) is 2.30. The lowest BCUT2D eigenvalue weighted by Gasteiger charge is -2.40. The van der Waals surface area contributed by atoms with E-state index in [1.165, 1.54) is 36.7 Å². The van der Waals surface area contributed by atoms with Crippen LogP contribution in [0, 0.1) is 0 Å². The Labute approximate surface area is 198 Å². The molecule has 0 atom stereocenters. The molecule has 0 N–H and O–H groups in total. The molecule has 0 spiro atoms. The van der Waals surface area contributed by atoms with Crippen LogP contribution in [0.4, 0.5) is 0 Å². The van der Waals surface area contributed by atoms with Crippen molar-refractivity contribution >= 4 is 11.6 Å². The fraction of sp³-hybridized carbons (Fsp3) is 0.520. The van der Waals surface area contributed by atoms with Gasteiger partial charge in [-0.25, -0.2) is 0 Å². The van der Waals surface area contributed by atoms with Crippen LogP contribution in [-0.4, -0.2) is 74.2 Å². The molecular formula is C25H32N6O3. The van der Waals surface area contributed by atoms with E-state index >= 15 is 0 Å². The van der Waals surface area contributed by atoms with Gasteiger partial charge in [0.2, 0.25) is 11.6 Å². The zero-order valence-electron chi connectivity index (χ0n) is 19.7. The molecule has 1 aliphatic carbocycles. The highest BCUT2D eigenvalue weighted by Gasteiger charge is 2.27. The van der Waals surface area contributed by atoms with Crippen LogP contribution in [0.25, 0.3) is 11.3 Å². The number of amides is 1. The number of hydrogen-bond acceptors (Lipinski definition) is 6. The zero-order chi connectivity index (χ0) is 23.5. The summed E-state index contributed by atoms with van der Waals surface area (Å²) in [7, 11) is 1.60. The van der Waals surface area contributed by atoms with Gasteiger partial charge in [0.1, 0.15) is 11.6 Å². The minimum Gasteiger partial charge on any atom is -0.497 e. The first-order valence-corrected chi connectivity index (χ1v) is 12.3. The number of methoxy groups -OCH3 is 1. The molecule has 0 unspecified atom stereocenters. The standard InChI is InChI=1S/C25H32N6O3/c1-34-21-9-7-20(8-10-21)30-17-18-31-22(26-27-24(31)25(30)33)11-12-23(32)29-15-13-28(14-16-29)19-5-3-2-4-6-19/h7-10,17-19H,2-6,11-16H2,1H3. The van der Waals surface area contributed by atoms with Crippen LogP contribution in [0.5, 0.6) is 5.75 Å². The first kappa shape index (κ1) is 22.6. The molecule has 1 aliphatic heterocycles. The number of benzene rings is 1. The van der Waals surface area contributed by atoms with Gasteiger partial charge in [0, 0.05) is 63.1 Å². The molecule has 3 heterocycles. The minimum absolute atomic E-state index is 0.145. The van der Waals surface area contributed by atoms with Crippen molar-refractivity contribution in [1.29, 1.82) is 0 Å². The SMILES string of the molecule is COc1ccc(-n2ccn3c(CCC(=O)N4CCN(C5CCCCC5)CC4)nnc3c2=O)cc1. The number of fused-ring (bicyclic) bond motifs is 1. The first-order valence-electron chi connectivity index (χ1n) is 12.3. The van der Waals surface area contributed by atoms with Gasteiger partial charge in [-0.05, 0) is 37.1 Å². The molecule has 2 aromatic heterocycles. The average molecular weight is 465 g/mol. The molecule has 9 nitrogen and oxygen atoms in total. The summed E-state index contributed by atoms with van der Waals surface area (Å²) in [6, 6.07) is 7.96. The number of rotatable bonds is 6. The Morgan fingerprint density at radius 3 is 2.44 bits per heavy atom. The summed E-state index contributed by atoms with van der Waals surface area (Å²) < 4.78 is 8.41. The summed E-state index contributed by atoms with van der Waals surface area (Å²) in [4.78, 5) is 30.4. The molecule has 34 heavy (non-hydrogen) atoms. The third-order valence-electron chi connectivity index (χ3n) is 7.21. The van der Waals surface area contributed by atoms with Crippen molar-refractivity contribution in [1.82, 2.24) is 29.0 Å². The fourth-order valence-electron chi connectivity index (χ4n) is 5.21. The van der Waals surface area contributed by atoms with Crippen molar-refractivity contribution in [3.05, 3.63) is 52.8 Å². The summed E-state index contributed by atoms with van der Waals surface area (Å²) in [6.45, 7) is 3.52. The summed E-state index contributed by atoms with van der Waals surface area (Å²) in [5, 5.41) is 8.32. The van der Waals surface area contributed by atoms with E-state index < -0.39 is 0 Å². The smallest absolute Gasteiger partial charge is 0.300 e. The maximum absolute atomic E-state index is 13.0. The average Bonchev–Trinajstić information content (AvgIpc) is 3.32. The highest BCUT2D eigenvalue weighted by atomic mass is 16.5. The van der Waals surface area contributed by atoms with Crippen LogP contribution in [0.15, 0.2) is 41.5 Å². The summed E-state index contributed by atoms with van der Waals surface area (Å²) in [5.41, 5.74) is 0.721. The number of piperazine rings is 1. The summed E-state index contributed by atoms with van der Waals surface area (Å²) in [6.07, 6.45) is 10.9. The molecule has 1 saturated carbocycles. The molecule has 5 rings (SSSR count). The second-order valence-corrected chi connectivity index (χ2v) is 9.19. The largest absolute Gasteiger partial charge is 0.497 e. The Hall–Kier alpha value is -3.20. The second kappa shape index (κ2) is 9.97. The molecule has 1 aromatic carbocycles. The highest BCUT2D eigenvalue weighted by Crippen LogP contribution is 2.23. The number of aromatic nitrogens is 4. The second-order valence-electron chi connectivity index (χ2n) is 9.19. The van der Waals surface area contributed by atoms with Gasteiger partial charge in [0.05, 0.1) is 7.11 Å². The molecule has 1 amide bonds. The van der Waals surface area contributed by atoms with Gasteiger partial charge in [-0.3, -0.25) is 23.5 Å².